The number of aliphatic carboxylic acids is 7. The molecule has 1 saturated carbocycles. The van der Waals surface area contributed by atoms with Crippen molar-refractivity contribution in [3.05, 3.63) is 0 Å². The highest BCUT2D eigenvalue weighted by atomic mass is 16.4. The van der Waals surface area contributed by atoms with Crippen LogP contribution in [0.15, 0.2) is 0 Å². The monoisotopic (exact) mass is 1630 g/mol. The van der Waals surface area contributed by atoms with Gasteiger partial charge >= 0.3 is 41.8 Å². The number of carboxylic acid groups (broad SMARTS) is 7. The van der Waals surface area contributed by atoms with Crippen LogP contribution in [0.1, 0.15) is 382 Å². The zero-order valence-corrected chi connectivity index (χ0v) is 69.5. The molecule has 0 unspecified atom stereocenters. The molecule has 0 aromatic rings. The average molecular weight is 1630 g/mol. The van der Waals surface area contributed by atoms with Crippen molar-refractivity contribution in [2.24, 2.45) is 41.4 Å². The fourth-order valence-corrected chi connectivity index (χ4v) is 13.9. The molecule has 0 spiro atoms. The first-order valence-corrected chi connectivity index (χ1v) is 43.0. The molecule has 0 aliphatic heterocycles. The lowest BCUT2D eigenvalue weighted by molar-refractivity contribution is -0.145. The molecule has 0 saturated heterocycles. The molecule has 660 valence electrons. The third-order valence-electron chi connectivity index (χ3n) is 21.5. The smallest absolute Gasteiger partial charge is 0.326 e. The highest BCUT2D eigenvalue weighted by Crippen LogP contribution is 2.32. The number of carbonyl (C=O) groups is 17. The Bertz CT molecular complexity index is 2910. The molecule has 0 bridgehead atoms. The van der Waals surface area contributed by atoms with Crippen molar-refractivity contribution in [2.75, 3.05) is 6.54 Å². The number of hydrogen-bond acceptors (Lipinski definition) is 17. The van der Waals surface area contributed by atoms with Crippen LogP contribution in [-0.4, -0.2) is 161 Å². The maximum absolute atomic E-state index is 13.1. The lowest BCUT2D eigenvalue weighted by Crippen LogP contribution is -2.44. The van der Waals surface area contributed by atoms with Gasteiger partial charge in [0.25, 0.3) is 0 Å². The minimum atomic E-state index is -1.45. The number of amides is 4. The summed E-state index contributed by atoms with van der Waals surface area (Å²) in [4.78, 5) is 203. The Morgan fingerprint density at radius 1 is 0.296 bits per heavy atom. The molecule has 28 nitrogen and oxygen atoms in total. The van der Waals surface area contributed by atoms with Gasteiger partial charge in [-0.25, -0.2) is 14.4 Å². The maximum atomic E-state index is 13.1. The largest absolute Gasteiger partial charge is 0.481 e. The maximum Gasteiger partial charge on any atom is 0.326 e. The van der Waals surface area contributed by atoms with Crippen LogP contribution in [0.5, 0.6) is 0 Å². The van der Waals surface area contributed by atoms with E-state index in [9.17, 15) is 112 Å². The summed E-state index contributed by atoms with van der Waals surface area (Å²) in [7, 11) is 0. The van der Waals surface area contributed by atoms with Crippen molar-refractivity contribution >= 4 is 100 Å². The van der Waals surface area contributed by atoms with Crippen molar-refractivity contribution in [1.82, 2.24) is 21.3 Å². The van der Waals surface area contributed by atoms with E-state index < -0.39 is 107 Å². The quantitative estimate of drug-likeness (QED) is 0.0252. The van der Waals surface area contributed by atoms with Gasteiger partial charge in [0.2, 0.25) is 23.6 Å². The van der Waals surface area contributed by atoms with Crippen LogP contribution in [0.3, 0.4) is 0 Å². The van der Waals surface area contributed by atoms with Gasteiger partial charge in [0.15, 0.2) is 0 Å². The molecule has 115 heavy (non-hydrogen) atoms. The topological polar surface area (TPSA) is 480 Å². The molecule has 1 aliphatic rings. The minimum absolute atomic E-state index is 0. The summed E-state index contributed by atoms with van der Waals surface area (Å²) in [6.07, 6.45) is 34.9. The molecule has 1 fully saturated rings. The van der Waals surface area contributed by atoms with E-state index in [1.54, 1.807) is 34.6 Å². The van der Waals surface area contributed by atoms with Crippen molar-refractivity contribution in [1.29, 1.82) is 0 Å². The van der Waals surface area contributed by atoms with Crippen LogP contribution in [0, 0.1) is 41.4 Å². The van der Waals surface area contributed by atoms with Crippen molar-refractivity contribution in [3.8, 4) is 0 Å². The first-order chi connectivity index (χ1) is 54.1. The van der Waals surface area contributed by atoms with Gasteiger partial charge in [0, 0.05) is 108 Å². The van der Waals surface area contributed by atoms with Gasteiger partial charge in [-0.3, -0.25) is 62.3 Å². The summed E-state index contributed by atoms with van der Waals surface area (Å²) in [6, 6.07) is -4.24. The number of ketones is 6. The molecule has 0 radical (unpaired) electrons. The van der Waals surface area contributed by atoms with Crippen LogP contribution in [0.2, 0.25) is 0 Å². The number of hydrogen-bond donors (Lipinski definition) is 11. The van der Waals surface area contributed by atoms with Crippen LogP contribution < -0.4 is 21.3 Å². The molecule has 0 aromatic heterocycles. The number of unbranched alkanes of at least 4 members (excludes halogenated alkanes) is 28. The molecule has 11 N–H and O–H groups in total. The van der Waals surface area contributed by atoms with Gasteiger partial charge in [-0.15, -0.1) is 0 Å². The normalized spacial score (nSPS) is 14.7. The van der Waals surface area contributed by atoms with E-state index in [4.69, 9.17) is 5.11 Å². The van der Waals surface area contributed by atoms with E-state index in [0.29, 0.717) is 38.0 Å². The van der Waals surface area contributed by atoms with Crippen LogP contribution in [0.25, 0.3) is 0 Å². The standard InChI is InChI=1S/C49H82N2O12.C37H62N2O12.CH4/c1-35(2)43(54)30-26-39(47(58)59)32-41(53)28-29-42(49(62)63)51-46(57)31-27-40(48(60)61)33-44(55)38-24-22-37(23-25-38)34-50-45(56)21-19-17-15-13-11-9-7-5-4-6-8-10-12-14-16-18-20-36(3)52;1-26(2)31(41)23-19-27(35(46)47)25-28(40)20-21-29(36(48)49)39-33(43)24-22-30(37(50)51)38-32(42)17-15-13-11-9-7-5-3-4-6-8-10-12-14-16-18-34(44)45;/h35,37-40,42H,4-34H2,1-3H3,(H,50,56)(H,51,57)(H,58,59)(H,60,61)(H,62,63);26-27,29-30H,3-25H2,1-2H3,(H,38,42)(H,39,43)(H,44,45)(H,46,47)(H,48,49)(H,50,51);1H4/t37?,38?,39-,40-,42+;27-,29+,30+;/m11./s1. The summed E-state index contributed by atoms with van der Waals surface area (Å²) in [6.45, 7) is 9.00. The zero-order chi connectivity index (χ0) is 85.6. The fraction of sp³-hybridized carbons (Fsp3) is 0.805. The number of carboxylic acids is 7. The van der Waals surface area contributed by atoms with Gasteiger partial charge in [-0.1, -0.05) is 202 Å². The lowest BCUT2D eigenvalue weighted by Gasteiger charge is -2.28. The van der Waals surface area contributed by atoms with Gasteiger partial charge < -0.3 is 61.8 Å². The van der Waals surface area contributed by atoms with E-state index in [2.05, 4.69) is 21.3 Å². The second kappa shape index (κ2) is 68.3. The minimum Gasteiger partial charge on any atom is -0.481 e. The summed E-state index contributed by atoms with van der Waals surface area (Å²) >= 11 is 0. The lowest BCUT2D eigenvalue weighted by atomic mass is 9.78. The predicted octanol–water partition coefficient (Wildman–Crippen LogP) is 15.3. The summed E-state index contributed by atoms with van der Waals surface area (Å²) in [5.74, 6) is -15.5. The zero-order valence-electron chi connectivity index (χ0n) is 69.5. The average Bonchev–Trinajstić information content (AvgIpc) is 0.903. The predicted molar refractivity (Wildman–Crippen MR) is 437 cm³/mol. The molecule has 4 amide bonds. The van der Waals surface area contributed by atoms with E-state index in [0.717, 1.165) is 103 Å². The first-order valence-electron chi connectivity index (χ1n) is 43.0. The second-order valence-electron chi connectivity index (χ2n) is 32.3. The van der Waals surface area contributed by atoms with Crippen LogP contribution >= 0.6 is 0 Å². The Hall–Kier alpha value is -7.81. The van der Waals surface area contributed by atoms with E-state index in [1.165, 1.54) is 103 Å². The van der Waals surface area contributed by atoms with Crippen molar-refractivity contribution in [3.63, 3.8) is 0 Å². The summed E-state index contributed by atoms with van der Waals surface area (Å²) in [5, 5.41) is 76.0. The highest BCUT2D eigenvalue weighted by Gasteiger charge is 2.33. The van der Waals surface area contributed by atoms with Gasteiger partial charge in [0.1, 0.15) is 52.8 Å². The number of carbonyl (C=O) groups excluding carboxylic acids is 10. The third kappa shape index (κ3) is 61.2. The molecular weight excluding hydrogens is 1480 g/mol. The first kappa shape index (κ1) is 109. The number of rotatable bonds is 74. The molecule has 6 atom stereocenters. The molecular formula is C87H148N4O24. The molecule has 0 heterocycles. The Morgan fingerprint density at radius 3 is 0.870 bits per heavy atom. The van der Waals surface area contributed by atoms with E-state index >= 15 is 0 Å². The Labute approximate surface area is 684 Å². The van der Waals surface area contributed by atoms with Gasteiger partial charge in [-0.05, 0) is 103 Å². The number of Topliss-reactive ketones (excluding diaryl/α,β-unsaturated/α-hetero) is 6. The van der Waals surface area contributed by atoms with Crippen molar-refractivity contribution in [2.45, 2.75) is 400 Å². The molecule has 1 rings (SSSR count). The van der Waals surface area contributed by atoms with Crippen LogP contribution in [-0.2, 0) is 81.5 Å². The van der Waals surface area contributed by atoms with E-state index in [-0.39, 0.29) is 164 Å². The Kier molecular flexibility index (Phi) is 64.8. The molecule has 28 heteroatoms. The number of nitrogens with one attached hydrogen (secondary N) is 4. The van der Waals surface area contributed by atoms with E-state index in [1.807, 2.05) is 0 Å². The SMILES string of the molecule is C.CC(=O)CCCCCCCCCCCCCCCCCCC(=O)NCC1CCC(C(=O)C[C@@H](CCC(=O)N[C@@H](CCC(=O)C[C@@H](CCC(=O)C(C)C)C(=O)O)C(=O)O)C(=O)O)CC1.CC(C)C(=O)CC[C@H](CC(=O)CC[C@H](NC(=O)CC[C@H](NC(=O)CCCCCCCCCCCCCCCCC(=O)O)C(=O)O)C(=O)O)C(=O)O. The fourth-order valence-electron chi connectivity index (χ4n) is 13.9. The summed E-state index contributed by atoms with van der Waals surface area (Å²) < 4.78 is 0. The molecule has 0 aromatic carbocycles. The van der Waals surface area contributed by atoms with Crippen molar-refractivity contribution < 1.29 is 117 Å². The highest BCUT2D eigenvalue weighted by molar-refractivity contribution is 5.90. The third-order valence-corrected chi connectivity index (χ3v) is 21.5. The second-order valence-corrected chi connectivity index (χ2v) is 32.3. The van der Waals surface area contributed by atoms with Gasteiger partial charge in [0.05, 0.1) is 17.8 Å². The van der Waals surface area contributed by atoms with Crippen LogP contribution in [0.4, 0.5) is 0 Å². The van der Waals surface area contributed by atoms with Gasteiger partial charge in [-0.2, -0.15) is 0 Å². The Balaban J connectivity index is 0. The molecule has 1 aliphatic carbocycles. The Morgan fingerprint density at radius 2 is 0.565 bits per heavy atom. The summed E-state index contributed by atoms with van der Waals surface area (Å²) in [5.41, 5.74) is 0.